The molecule has 0 aliphatic carbocycles. The Morgan fingerprint density at radius 3 is 2.17 bits per heavy atom. The van der Waals surface area contributed by atoms with E-state index >= 15 is 0 Å². The number of para-hydroxylation sites is 1. The number of nitrogens with one attached hydrogen (secondary N) is 1. The average Bonchev–Trinajstić information content (AvgIpc) is 3.28. The fourth-order valence-electron chi connectivity index (χ4n) is 3.55. The number of amides is 1. The molecule has 36 heavy (non-hydrogen) atoms. The highest BCUT2D eigenvalue weighted by atomic mass is 35.5. The van der Waals surface area contributed by atoms with Gasteiger partial charge in [-0.3, -0.25) is 4.79 Å². The highest BCUT2D eigenvalue weighted by Gasteiger charge is 2.35. The first-order valence-corrected chi connectivity index (χ1v) is 10.8. The lowest BCUT2D eigenvalue weighted by atomic mass is 10.1. The summed E-state index contributed by atoms with van der Waals surface area (Å²) in [5.41, 5.74) is -1.33. The summed E-state index contributed by atoms with van der Waals surface area (Å²) in [5, 5.41) is 6.29. The van der Waals surface area contributed by atoms with Crippen LogP contribution in [-0.4, -0.2) is 15.7 Å². The number of hydrogen-bond donors (Lipinski definition) is 1. The van der Waals surface area contributed by atoms with Crippen molar-refractivity contribution in [1.82, 2.24) is 15.1 Å². The summed E-state index contributed by atoms with van der Waals surface area (Å²) in [5.74, 6) is -0.644. The van der Waals surface area contributed by atoms with Crippen LogP contribution in [-0.2, 0) is 18.9 Å². The Balaban J connectivity index is 0.00000380. The van der Waals surface area contributed by atoms with Gasteiger partial charge < -0.3 is 5.32 Å². The molecule has 0 fully saturated rings. The van der Waals surface area contributed by atoms with E-state index in [4.69, 9.17) is 11.6 Å². The lowest BCUT2D eigenvalue weighted by Gasteiger charge is -2.13. The van der Waals surface area contributed by atoms with E-state index in [-0.39, 0.29) is 35.5 Å². The Kier molecular flexibility index (Phi) is 6.81. The second-order valence-electron chi connectivity index (χ2n) is 7.69. The van der Waals surface area contributed by atoms with Crippen LogP contribution in [0.15, 0.2) is 78.9 Å². The third-order valence-electron chi connectivity index (χ3n) is 5.29. The van der Waals surface area contributed by atoms with Gasteiger partial charge >= 0.3 is 12.4 Å². The molecule has 0 aliphatic rings. The zero-order chi connectivity index (χ0) is 26.1. The fourth-order valence-corrected chi connectivity index (χ4v) is 3.77. The summed E-state index contributed by atoms with van der Waals surface area (Å²) < 4.78 is 80.7. The molecular formula is C25H18ClF6N3O. The Morgan fingerprint density at radius 1 is 0.889 bits per heavy atom. The van der Waals surface area contributed by atoms with Gasteiger partial charge in [0.15, 0.2) is 5.69 Å². The van der Waals surface area contributed by atoms with E-state index in [0.717, 1.165) is 16.8 Å². The molecule has 3 aromatic carbocycles. The molecule has 4 nitrogen and oxygen atoms in total. The molecule has 0 saturated carbocycles. The third kappa shape index (κ3) is 5.38. The van der Waals surface area contributed by atoms with Gasteiger partial charge in [0.25, 0.3) is 5.91 Å². The van der Waals surface area contributed by atoms with E-state index in [2.05, 4.69) is 10.4 Å². The molecule has 0 spiro atoms. The topological polar surface area (TPSA) is 46.9 Å². The Hall–Kier alpha value is -3.79. The number of carbonyl (C=O) groups is 1. The minimum absolute atomic E-state index is 0. The number of carbonyl (C=O) groups excluding carboxylic acids is 1. The second kappa shape index (κ2) is 9.69. The monoisotopic (exact) mass is 525 g/mol. The van der Waals surface area contributed by atoms with Crippen LogP contribution in [0.4, 0.5) is 26.3 Å². The van der Waals surface area contributed by atoms with Crippen molar-refractivity contribution in [3.05, 3.63) is 106 Å². The van der Waals surface area contributed by atoms with Crippen LogP contribution in [0.3, 0.4) is 0 Å². The minimum atomic E-state index is -4.70. The van der Waals surface area contributed by atoms with E-state index in [1.807, 2.05) is 0 Å². The SMILES string of the molecule is O=C(NCc1ccccc1C(F)(F)F)c1ccc(-c2cc(C(F)(F)F)nn2-c2ccccc2Cl)cc1.[HH]. The molecule has 1 amide bonds. The molecule has 0 atom stereocenters. The van der Waals surface area contributed by atoms with Crippen molar-refractivity contribution in [1.29, 1.82) is 0 Å². The number of benzene rings is 3. The van der Waals surface area contributed by atoms with Crippen molar-refractivity contribution in [2.75, 3.05) is 0 Å². The molecule has 1 heterocycles. The standard InChI is InChI=1S/C25H16ClF6N3O.H2/c26-19-7-3-4-8-20(19)35-21(13-22(34-35)25(30,31)32)15-9-11-16(12-10-15)23(36)33-14-17-5-1-2-6-18(17)24(27,28)29;/h1-13H,14H2,(H,33,36);1H. The first-order chi connectivity index (χ1) is 16.9. The highest BCUT2D eigenvalue weighted by Crippen LogP contribution is 2.35. The van der Waals surface area contributed by atoms with E-state index in [1.54, 1.807) is 12.1 Å². The number of halogens is 7. The normalized spacial score (nSPS) is 12.0. The summed E-state index contributed by atoms with van der Waals surface area (Å²) in [6.45, 7) is -0.357. The molecule has 188 valence electrons. The molecule has 11 heteroatoms. The predicted octanol–water partition coefficient (Wildman–Crippen LogP) is 7.41. The molecule has 0 bridgehead atoms. The number of aromatic nitrogens is 2. The molecule has 4 aromatic rings. The maximum Gasteiger partial charge on any atom is 0.435 e. The largest absolute Gasteiger partial charge is 0.435 e. The first-order valence-electron chi connectivity index (χ1n) is 10.4. The molecule has 1 aromatic heterocycles. The molecule has 0 saturated heterocycles. The van der Waals surface area contributed by atoms with Gasteiger partial charge in [0.05, 0.1) is 22.0 Å². The van der Waals surface area contributed by atoms with Crippen LogP contribution in [0.1, 0.15) is 28.6 Å². The van der Waals surface area contributed by atoms with Crippen LogP contribution in [0.5, 0.6) is 0 Å². The Morgan fingerprint density at radius 2 is 1.53 bits per heavy atom. The zero-order valence-electron chi connectivity index (χ0n) is 18.2. The van der Waals surface area contributed by atoms with Crippen LogP contribution in [0, 0.1) is 0 Å². The molecule has 1 N–H and O–H groups in total. The summed E-state index contributed by atoms with van der Waals surface area (Å²) in [7, 11) is 0. The van der Waals surface area contributed by atoms with Crippen molar-refractivity contribution in [3.8, 4) is 16.9 Å². The first kappa shape index (κ1) is 25.3. The average molecular weight is 526 g/mol. The maximum atomic E-state index is 13.4. The molecule has 0 radical (unpaired) electrons. The van der Waals surface area contributed by atoms with Crippen LogP contribution in [0.2, 0.25) is 5.02 Å². The minimum Gasteiger partial charge on any atom is -0.348 e. The van der Waals surface area contributed by atoms with Gasteiger partial charge in [-0.1, -0.05) is 54.1 Å². The summed E-state index contributed by atoms with van der Waals surface area (Å²) in [4.78, 5) is 12.5. The maximum absolute atomic E-state index is 13.4. The van der Waals surface area contributed by atoms with E-state index in [1.165, 1.54) is 54.6 Å². The van der Waals surface area contributed by atoms with Crippen molar-refractivity contribution in [2.45, 2.75) is 18.9 Å². The van der Waals surface area contributed by atoms with Gasteiger partial charge in [-0.15, -0.1) is 0 Å². The van der Waals surface area contributed by atoms with Gasteiger partial charge in [-0.2, -0.15) is 31.4 Å². The molecule has 0 unspecified atom stereocenters. The lowest BCUT2D eigenvalue weighted by Crippen LogP contribution is -2.24. The summed E-state index contributed by atoms with van der Waals surface area (Å²) >= 11 is 6.17. The Bertz CT molecular complexity index is 1400. The van der Waals surface area contributed by atoms with Crippen molar-refractivity contribution in [2.24, 2.45) is 0 Å². The summed E-state index contributed by atoms with van der Waals surface area (Å²) in [6, 6.07) is 17.6. The fraction of sp³-hybridized carbons (Fsp3) is 0.120. The van der Waals surface area contributed by atoms with Gasteiger partial charge in [0.1, 0.15) is 0 Å². The van der Waals surface area contributed by atoms with Gasteiger partial charge in [-0.25, -0.2) is 4.68 Å². The van der Waals surface area contributed by atoms with E-state index in [9.17, 15) is 31.1 Å². The van der Waals surface area contributed by atoms with Crippen LogP contribution < -0.4 is 5.32 Å². The van der Waals surface area contributed by atoms with Gasteiger partial charge in [-0.05, 0) is 42.0 Å². The quantitative estimate of drug-likeness (QED) is 0.276. The third-order valence-corrected chi connectivity index (χ3v) is 5.61. The highest BCUT2D eigenvalue weighted by molar-refractivity contribution is 6.32. The van der Waals surface area contributed by atoms with Gasteiger partial charge in [0.2, 0.25) is 0 Å². The zero-order valence-corrected chi connectivity index (χ0v) is 18.9. The van der Waals surface area contributed by atoms with Crippen molar-refractivity contribution < 1.29 is 32.6 Å². The summed E-state index contributed by atoms with van der Waals surface area (Å²) in [6.07, 6.45) is -9.27. The lowest BCUT2D eigenvalue weighted by molar-refractivity contribution is -0.141. The van der Waals surface area contributed by atoms with Crippen molar-refractivity contribution in [3.63, 3.8) is 0 Å². The number of nitrogens with zero attached hydrogens (tertiary/aromatic N) is 2. The molecular weight excluding hydrogens is 508 g/mol. The van der Waals surface area contributed by atoms with Crippen LogP contribution in [0.25, 0.3) is 16.9 Å². The van der Waals surface area contributed by atoms with Crippen molar-refractivity contribution >= 4 is 17.5 Å². The Labute approximate surface area is 207 Å². The van der Waals surface area contributed by atoms with Crippen LogP contribution >= 0.6 is 11.6 Å². The molecule has 0 aliphatic heterocycles. The predicted molar refractivity (Wildman–Crippen MR) is 124 cm³/mol. The molecule has 4 rings (SSSR count). The van der Waals surface area contributed by atoms with E-state index in [0.29, 0.717) is 5.56 Å². The number of hydrogen-bond acceptors (Lipinski definition) is 2. The number of rotatable bonds is 5. The second-order valence-corrected chi connectivity index (χ2v) is 8.10. The van der Waals surface area contributed by atoms with Gasteiger partial charge in [0, 0.05) is 19.1 Å². The van der Waals surface area contributed by atoms with E-state index < -0.39 is 29.5 Å². The smallest absolute Gasteiger partial charge is 0.348 e. The number of alkyl halides is 6.